The van der Waals surface area contributed by atoms with E-state index in [1.54, 1.807) is 0 Å². The third kappa shape index (κ3) is 5.13. The molecule has 8 nitrogen and oxygen atoms in total. The van der Waals surface area contributed by atoms with Crippen LogP contribution in [0.25, 0.3) is 0 Å². The van der Waals surface area contributed by atoms with Gasteiger partial charge >= 0.3 is 0 Å². The van der Waals surface area contributed by atoms with Crippen molar-refractivity contribution in [1.82, 2.24) is 15.5 Å². The van der Waals surface area contributed by atoms with Gasteiger partial charge in [-0.3, -0.25) is 19.2 Å². The van der Waals surface area contributed by atoms with E-state index in [0.29, 0.717) is 18.1 Å². The molecule has 1 rings (SSSR count). The van der Waals surface area contributed by atoms with Gasteiger partial charge in [0.1, 0.15) is 5.70 Å². The topological polar surface area (TPSA) is 105 Å². The number of carbonyl (C=O) groups excluding carboxylic acids is 4. The number of carbonyl (C=O) groups is 4. The lowest BCUT2D eigenvalue weighted by Gasteiger charge is -2.16. The van der Waals surface area contributed by atoms with E-state index in [1.165, 1.54) is 0 Å². The number of rotatable bonds is 9. The van der Waals surface area contributed by atoms with E-state index in [1.807, 2.05) is 6.92 Å². The Hall–Kier alpha value is -2.48. The van der Waals surface area contributed by atoms with Gasteiger partial charge in [0.2, 0.25) is 5.91 Å². The molecule has 0 radical (unpaired) electrons. The van der Waals surface area contributed by atoms with Crippen LogP contribution < -0.4 is 10.6 Å². The molecule has 120 valence electrons. The van der Waals surface area contributed by atoms with E-state index in [4.69, 9.17) is 4.74 Å². The molecule has 1 aliphatic rings. The fourth-order valence-electron chi connectivity index (χ4n) is 1.65. The van der Waals surface area contributed by atoms with E-state index < -0.39 is 17.7 Å². The number of hydrogen-bond acceptors (Lipinski definition) is 5. The zero-order valence-corrected chi connectivity index (χ0v) is 12.4. The quantitative estimate of drug-likeness (QED) is 0.326. The second kappa shape index (κ2) is 8.73. The number of hydrogen-bond donors (Lipinski definition) is 2. The van der Waals surface area contributed by atoms with Crippen LogP contribution in [0.5, 0.6) is 0 Å². The lowest BCUT2D eigenvalue weighted by molar-refractivity contribution is -0.137. The van der Waals surface area contributed by atoms with Crippen LogP contribution in [0.3, 0.4) is 0 Å². The summed E-state index contributed by atoms with van der Waals surface area (Å²) in [4.78, 5) is 46.6. The van der Waals surface area contributed by atoms with Gasteiger partial charge in [0.15, 0.2) is 0 Å². The summed E-state index contributed by atoms with van der Waals surface area (Å²) in [6, 6.07) is 0. The first-order valence-electron chi connectivity index (χ1n) is 6.85. The molecule has 0 fully saturated rings. The molecule has 22 heavy (non-hydrogen) atoms. The zero-order chi connectivity index (χ0) is 16.5. The van der Waals surface area contributed by atoms with Crippen molar-refractivity contribution >= 4 is 23.6 Å². The molecule has 0 aliphatic carbocycles. The Morgan fingerprint density at radius 2 is 1.77 bits per heavy atom. The third-order valence-electron chi connectivity index (χ3n) is 2.75. The minimum Gasteiger partial charge on any atom is -0.381 e. The summed E-state index contributed by atoms with van der Waals surface area (Å²) >= 11 is 0. The Morgan fingerprint density at radius 1 is 1.18 bits per heavy atom. The first-order chi connectivity index (χ1) is 10.5. The Labute approximate surface area is 128 Å². The van der Waals surface area contributed by atoms with E-state index in [0.717, 1.165) is 12.2 Å². The molecule has 0 bridgehead atoms. The molecule has 0 spiro atoms. The highest BCUT2D eigenvalue weighted by Gasteiger charge is 2.29. The molecule has 0 aromatic carbocycles. The van der Waals surface area contributed by atoms with Crippen LogP contribution in [0.2, 0.25) is 0 Å². The van der Waals surface area contributed by atoms with E-state index in [2.05, 4.69) is 17.2 Å². The fraction of sp³-hybridized carbons (Fsp3) is 0.429. The molecule has 0 saturated heterocycles. The van der Waals surface area contributed by atoms with Gasteiger partial charge in [0.25, 0.3) is 17.7 Å². The summed E-state index contributed by atoms with van der Waals surface area (Å²) in [5.74, 6) is -2.03. The summed E-state index contributed by atoms with van der Waals surface area (Å²) in [5, 5.41) is 5.06. The number of ether oxygens (including phenoxy) is 1. The molecule has 0 atom stereocenters. The third-order valence-corrected chi connectivity index (χ3v) is 2.75. The molecule has 0 saturated carbocycles. The van der Waals surface area contributed by atoms with Crippen LogP contribution in [-0.4, -0.2) is 54.8 Å². The van der Waals surface area contributed by atoms with Crippen LogP contribution in [0, 0.1) is 0 Å². The van der Waals surface area contributed by atoms with Crippen LogP contribution in [0.15, 0.2) is 24.4 Å². The fourth-order valence-corrected chi connectivity index (χ4v) is 1.65. The smallest absolute Gasteiger partial charge is 0.267 e. The van der Waals surface area contributed by atoms with Crippen molar-refractivity contribution in [2.45, 2.75) is 13.3 Å². The van der Waals surface area contributed by atoms with Gasteiger partial charge in [-0.25, -0.2) is 4.90 Å². The SMILES string of the molecule is C=C(C(=O)NCCNC(=O)CCOCC)N1C(=O)C=CC1=O. The highest BCUT2D eigenvalue weighted by Crippen LogP contribution is 2.10. The lowest BCUT2D eigenvalue weighted by Crippen LogP contribution is -2.40. The number of nitrogens with zero attached hydrogens (tertiary/aromatic N) is 1. The molecular weight excluding hydrogens is 290 g/mol. The Balaban J connectivity index is 2.23. The van der Waals surface area contributed by atoms with Crippen molar-refractivity contribution in [3.63, 3.8) is 0 Å². The van der Waals surface area contributed by atoms with Gasteiger partial charge in [0, 0.05) is 38.3 Å². The summed E-state index contributed by atoms with van der Waals surface area (Å²) in [6.07, 6.45) is 2.38. The van der Waals surface area contributed by atoms with E-state index in [9.17, 15) is 19.2 Å². The van der Waals surface area contributed by atoms with Gasteiger partial charge in [0.05, 0.1) is 6.61 Å². The summed E-state index contributed by atoms with van der Waals surface area (Å²) in [5.41, 5.74) is -0.248. The molecule has 0 unspecified atom stereocenters. The average Bonchev–Trinajstić information content (AvgIpc) is 2.82. The van der Waals surface area contributed by atoms with Gasteiger partial charge < -0.3 is 15.4 Å². The Morgan fingerprint density at radius 3 is 2.36 bits per heavy atom. The van der Waals surface area contributed by atoms with Gasteiger partial charge in [-0.2, -0.15) is 0 Å². The number of nitrogens with one attached hydrogen (secondary N) is 2. The standard InChI is InChI=1S/C14H19N3O5/c1-3-22-9-6-11(18)15-7-8-16-14(21)10(2)17-12(19)4-5-13(17)20/h4-5H,2-3,6-9H2,1H3,(H,15,18)(H,16,21). The molecule has 1 aliphatic heterocycles. The van der Waals surface area contributed by atoms with Crippen LogP contribution in [-0.2, 0) is 23.9 Å². The molecule has 0 aromatic heterocycles. The summed E-state index contributed by atoms with van der Waals surface area (Å²) in [7, 11) is 0. The minimum atomic E-state index is -0.644. The van der Waals surface area contributed by atoms with Gasteiger partial charge in [-0.05, 0) is 6.92 Å². The second-order valence-electron chi connectivity index (χ2n) is 4.34. The molecule has 4 amide bonds. The van der Waals surface area contributed by atoms with Crippen molar-refractivity contribution in [2.24, 2.45) is 0 Å². The van der Waals surface area contributed by atoms with Crippen molar-refractivity contribution in [3.8, 4) is 0 Å². The molecular formula is C14H19N3O5. The maximum Gasteiger partial charge on any atom is 0.267 e. The van der Waals surface area contributed by atoms with Crippen molar-refractivity contribution < 1.29 is 23.9 Å². The maximum absolute atomic E-state index is 11.8. The van der Waals surface area contributed by atoms with Crippen molar-refractivity contribution in [3.05, 3.63) is 24.4 Å². The molecule has 2 N–H and O–H groups in total. The lowest BCUT2D eigenvalue weighted by atomic mass is 10.3. The highest BCUT2D eigenvalue weighted by atomic mass is 16.5. The van der Waals surface area contributed by atoms with Gasteiger partial charge in [-0.15, -0.1) is 0 Å². The van der Waals surface area contributed by atoms with Crippen LogP contribution in [0.4, 0.5) is 0 Å². The van der Waals surface area contributed by atoms with E-state index in [-0.39, 0.29) is 31.1 Å². The number of amides is 4. The van der Waals surface area contributed by atoms with E-state index >= 15 is 0 Å². The predicted octanol–water partition coefficient (Wildman–Crippen LogP) is -0.916. The summed E-state index contributed by atoms with van der Waals surface area (Å²) in [6.45, 7) is 6.54. The van der Waals surface area contributed by atoms with Gasteiger partial charge in [-0.1, -0.05) is 6.58 Å². The van der Waals surface area contributed by atoms with Crippen LogP contribution in [0.1, 0.15) is 13.3 Å². The zero-order valence-electron chi connectivity index (χ0n) is 12.4. The first kappa shape index (κ1) is 17.6. The monoisotopic (exact) mass is 309 g/mol. The van der Waals surface area contributed by atoms with Crippen molar-refractivity contribution in [1.29, 1.82) is 0 Å². The summed E-state index contributed by atoms with van der Waals surface area (Å²) < 4.78 is 5.04. The Kier molecular flexibility index (Phi) is 6.97. The second-order valence-corrected chi connectivity index (χ2v) is 4.34. The highest BCUT2D eigenvalue weighted by molar-refractivity contribution is 6.17. The number of imide groups is 1. The predicted molar refractivity (Wildman–Crippen MR) is 77.3 cm³/mol. The Bertz CT molecular complexity index is 495. The largest absolute Gasteiger partial charge is 0.381 e. The maximum atomic E-state index is 11.8. The normalized spacial score (nSPS) is 13.4. The first-order valence-corrected chi connectivity index (χ1v) is 6.85. The van der Waals surface area contributed by atoms with Crippen molar-refractivity contribution in [2.75, 3.05) is 26.3 Å². The average molecular weight is 309 g/mol. The molecule has 1 heterocycles. The molecule has 8 heteroatoms. The minimum absolute atomic E-state index is 0.155. The molecule has 0 aromatic rings. The van der Waals surface area contributed by atoms with Crippen LogP contribution >= 0.6 is 0 Å².